The molecule has 6 heteroatoms. The van der Waals surface area contributed by atoms with Crippen LogP contribution < -0.4 is 11.1 Å². The summed E-state index contributed by atoms with van der Waals surface area (Å²) in [6.45, 7) is 8.50. The van der Waals surface area contributed by atoms with Crippen molar-refractivity contribution in [1.29, 1.82) is 0 Å². The fourth-order valence-electron chi connectivity index (χ4n) is 1.57. The highest BCUT2D eigenvalue weighted by molar-refractivity contribution is 5.97. The van der Waals surface area contributed by atoms with Crippen molar-refractivity contribution in [2.45, 2.75) is 40.2 Å². The SMILES string of the molecule is Cc1ccc(C(N)=O)c(NC(C)(C)C(C)(C)C(=O)O)n1. The number of aryl methyl sites for hydroxylation is 1. The van der Waals surface area contributed by atoms with Crippen LogP contribution in [0.3, 0.4) is 0 Å². The normalized spacial score (nSPS) is 12.1. The van der Waals surface area contributed by atoms with Gasteiger partial charge in [-0.2, -0.15) is 0 Å². The maximum atomic E-state index is 11.4. The first-order valence-electron chi connectivity index (χ1n) is 6.28. The molecule has 6 nitrogen and oxygen atoms in total. The van der Waals surface area contributed by atoms with Gasteiger partial charge in [0, 0.05) is 11.2 Å². The summed E-state index contributed by atoms with van der Waals surface area (Å²) in [5, 5.41) is 12.4. The minimum Gasteiger partial charge on any atom is -0.481 e. The van der Waals surface area contributed by atoms with E-state index in [0.29, 0.717) is 11.5 Å². The zero-order chi connectivity index (χ0) is 15.7. The van der Waals surface area contributed by atoms with Gasteiger partial charge in [-0.25, -0.2) is 4.98 Å². The number of aromatic nitrogens is 1. The van der Waals surface area contributed by atoms with Crippen molar-refractivity contribution in [3.63, 3.8) is 0 Å². The number of nitrogens with two attached hydrogens (primary N) is 1. The summed E-state index contributed by atoms with van der Waals surface area (Å²) in [6, 6.07) is 3.26. The van der Waals surface area contributed by atoms with Crippen molar-refractivity contribution in [3.05, 3.63) is 23.4 Å². The highest BCUT2D eigenvalue weighted by Gasteiger charge is 2.44. The lowest BCUT2D eigenvalue weighted by Crippen LogP contribution is -2.51. The third kappa shape index (κ3) is 2.89. The van der Waals surface area contributed by atoms with E-state index in [-0.39, 0.29) is 5.56 Å². The van der Waals surface area contributed by atoms with E-state index >= 15 is 0 Å². The first kappa shape index (κ1) is 15.9. The maximum Gasteiger partial charge on any atom is 0.311 e. The minimum absolute atomic E-state index is 0.241. The summed E-state index contributed by atoms with van der Waals surface area (Å²) in [4.78, 5) is 27.1. The van der Waals surface area contributed by atoms with E-state index in [9.17, 15) is 14.7 Å². The summed E-state index contributed by atoms with van der Waals surface area (Å²) >= 11 is 0. The average molecular weight is 279 g/mol. The molecule has 0 saturated heterocycles. The number of carbonyl (C=O) groups is 2. The number of hydrogen-bond donors (Lipinski definition) is 3. The number of anilines is 1. The molecule has 0 aromatic carbocycles. The molecule has 0 radical (unpaired) electrons. The van der Waals surface area contributed by atoms with Gasteiger partial charge in [0.25, 0.3) is 5.91 Å². The topological polar surface area (TPSA) is 105 Å². The number of carboxylic acids is 1. The molecule has 110 valence electrons. The van der Waals surface area contributed by atoms with Crippen molar-refractivity contribution in [2.24, 2.45) is 11.1 Å². The number of pyridine rings is 1. The molecule has 0 fully saturated rings. The summed E-state index contributed by atoms with van der Waals surface area (Å²) < 4.78 is 0. The lowest BCUT2D eigenvalue weighted by molar-refractivity contribution is -0.149. The maximum absolute atomic E-state index is 11.4. The molecule has 0 atom stereocenters. The van der Waals surface area contributed by atoms with Crippen molar-refractivity contribution < 1.29 is 14.7 Å². The van der Waals surface area contributed by atoms with E-state index in [1.165, 1.54) is 0 Å². The minimum atomic E-state index is -1.06. The Balaban J connectivity index is 3.25. The highest BCUT2D eigenvalue weighted by atomic mass is 16.4. The molecule has 1 aromatic heterocycles. The summed E-state index contributed by atoms with van der Waals surface area (Å²) in [5.41, 5.74) is 4.38. The largest absolute Gasteiger partial charge is 0.481 e. The number of amides is 1. The number of nitrogens with zero attached hydrogens (tertiary/aromatic N) is 1. The van der Waals surface area contributed by atoms with Gasteiger partial charge in [-0.05, 0) is 46.8 Å². The van der Waals surface area contributed by atoms with Crippen molar-refractivity contribution in [1.82, 2.24) is 4.98 Å². The monoisotopic (exact) mass is 279 g/mol. The molecular weight excluding hydrogens is 258 g/mol. The van der Waals surface area contributed by atoms with Crippen molar-refractivity contribution in [3.8, 4) is 0 Å². The van der Waals surface area contributed by atoms with Crippen LogP contribution >= 0.6 is 0 Å². The molecule has 20 heavy (non-hydrogen) atoms. The Morgan fingerprint density at radius 1 is 1.25 bits per heavy atom. The number of carboxylic acid groups (broad SMARTS) is 1. The van der Waals surface area contributed by atoms with Crippen molar-refractivity contribution in [2.75, 3.05) is 5.32 Å². The Hall–Kier alpha value is -2.11. The Kier molecular flexibility index (Phi) is 4.07. The molecule has 0 spiro atoms. The van der Waals surface area contributed by atoms with Crippen LogP contribution in [-0.4, -0.2) is 27.5 Å². The van der Waals surface area contributed by atoms with E-state index < -0.39 is 22.8 Å². The Labute approximate surface area is 118 Å². The average Bonchev–Trinajstić information content (AvgIpc) is 2.27. The van der Waals surface area contributed by atoms with E-state index in [1.807, 2.05) is 0 Å². The number of aliphatic carboxylic acids is 1. The smallest absolute Gasteiger partial charge is 0.311 e. The standard InChI is InChI=1S/C14H21N3O3/c1-8-6-7-9(10(15)18)11(16-8)17-14(4,5)13(2,3)12(19)20/h6-7H,1-5H3,(H2,15,18)(H,16,17)(H,19,20). The van der Waals surface area contributed by atoms with E-state index in [2.05, 4.69) is 10.3 Å². The van der Waals surface area contributed by atoms with Crippen LogP contribution in [0.15, 0.2) is 12.1 Å². The lowest BCUT2D eigenvalue weighted by atomic mass is 9.74. The van der Waals surface area contributed by atoms with Crippen LogP contribution in [0.5, 0.6) is 0 Å². The first-order chi connectivity index (χ1) is 8.99. The number of primary amides is 1. The summed E-state index contributed by atoms with van der Waals surface area (Å²) in [7, 11) is 0. The third-order valence-corrected chi connectivity index (χ3v) is 3.83. The number of rotatable bonds is 5. The lowest BCUT2D eigenvalue weighted by Gasteiger charge is -2.39. The Morgan fingerprint density at radius 3 is 2.25 bits per heavy atom. The van der Waals surface area contributed by atoms with Crippen LogP contribution in [0.25, 0.3) is 0 Å². The van der Waals surface area contributed by atoms with Gasteiger partial charge in [-0.1, -0.05) is 0 Å². The van der Waals surface area contributed by atoms with Crippen LogP contribution in [0, 0.1) is 12.3 Å². The van der Waals surface area contributed by atoms with Crippen LogP contribution in [0.4, 0.5) is 5.82 Å². The second-order valence-electron chi connectivity index (χ2n) is 5.89. The van der Waals surface area contributed by atoms with Crippen molar-refractivity contribution >= 4 is 17.7 Å². The fraction of sp³-hybridized carbons (Fsp3) is 0.500. The first-order valence-corrected chi connectivity index (χ1v) is 6.28. The van der Waals surface area contributed by atoms with Gasteiger partial charge in [-0.15, -0.1) is 0 Å². The predicted octanol–water partition coefficient (Wildman–Crippen LogP) is 1.79. The number of nitrogens with one attached hydrogen (secondary N) is 1. The van der Waals surface area contributed by atoms with Gasteiger partial charge < -0.3 is 16.2 Å². The fourth-order valence-corrected chi connectivity index (χ4v) is 1.57. The van der Waals surface area contributed by atoms with E-state index in [4.69, 9.17) is 5.73 Å². The molecule has 0 saturated carbocycles. The molecule has 0 aliphatic rings. The van der Waals surface area contributed by atoms with Gasteiger partial charge in [-0.3, -0.25) is 9.59 Å². The molecule has 0 bridgehead atoms. The van der Waals surface area contributed by atoms with Crippen LogP contribution in [-0.2, 0) is 4.79 Å². The van der Waals surface area contributed by atoms with E-state index in [0.717, 1.165) is 0 Å². The highest BCUT2D eigenvalue weighted by Crippen LogP contribution is 2.34. The van der Waals surface area contributed by atoms with Gasteiger partial charge in [0.05, 0.1) is 11.0 Å². The molecule has 1 amide bonds. The Morgan fingerprint density at radius 2 is 1.80 bits per heavy atom. The zero-order valence-corrected chi connectivity index (χ0v) is 12.4. The van der Waals surface area contributed by atoms with Crippen LogP contribution in [0.1, 0.15) is 43.7 Å². The summed E-state index contributed by atoms with van der Waals surface area (Å²) in [6.07, 6.45) is 0. The quantitative estimate of drug-likeness (QED) is 0.762. The zero-order valence-electron chi connectivity index (χ0n) is 12.4. The molecule has 0 unspecified atom stereocenters. The molecule has 0 aliphatic heterocycles. The van der Waals surface area contributed by atoms with Gasteiger partial charge in [0.2, 0.25) is 0 Å². The molecular formula is C14H21N3O3. The number of hydrogen-bond acceptors (Lipinski definition) is 4. The second kappa shape index (κ2) is 5.11. The van der Waals surface area contributed by atoms with Crippen LogP contribution in [0.2, 0.25) is 0 Å². The van der Waals surface area contributed by atoms with Gasteiger partial charge in [0.1, 0.15) is 5.82 Å². The third-order valence-electron chi connectivity index (χ3n) is 3.83. The second-order valence-corrected chi connectivity index (χ2v) is 5.89. The molecule has 1 rings (SSSR count). The molecule has 4 N–H and O–H groups in total. The van der Waals surface area contributed by atoms with E-state index in [1.54, 1.807) is 46.8 Å². The van der Waals surface area contributed by atoms with Gasteiger partial charge in [0.15, 0.2) is 0 Å². The predicted molar refractivity (Wildman–Crippen MR) is 76.6 cm³/mol. The molecule has 1 aromatic rings. The van der Waals surface area contributed by atoms with Gasteiger partial charge >= 0.3 is 5.97 Å². The number of carbonyl (C=O) groups excluding carboxylic acids is 1. The molecule has 0 aliphatic carbocycles. The molecule has 1 heterocycles. The summed E-state index contributed by atoms with van der Waals surface area (Å²) in [5.74, 6) is -1.25. The Bertz CT molecular complexity index is 551.